The molecule has 4 nitrogen and oxygen atoms in total. The Morgan fingerprint density at radius 3 is 0.700 bits per heavy atom. The van der Waals surface area contributed by atoms with Crippen LogP contribution < -0.4 is 18.9 Å². The zero-order chi connectivity index (χ0) is 28.6. The SMILES string of the molecule is COc1cc2c(cc1I)Cc1cc(OC)c(I)cc1Cc1cc(OC)c(I)cc1Cc1cc(OC)c(I)cc1C2. The predicted octanol–water partition coefficient (Wildman–Crippen LogP) is 8.82. The summed E-state index contributed by atoms with van der Waals surface area (Å²) >= 11 is 9.53. The Labute approximate surface area is 290 Å². The van der Waals surface area contributed by atoms with Crippen LogP contribution >= 0.6 is 90.4 Å². The number of halogens is 4. The molecule has 40 heavy (non-hydrogen) atoms. The van der Waals surface area contributed by atoms with Gasteiger partial charge in [-0.05, 0) is 209 Å². The standard InChI is InChI=1S/C32H28I4O4/c1-37-29-13-21-5-18-10-26(34)31(39-3)15-23(18)7-20-12-28(36)32(40-4)16-24(20)8-19-11-27(35)30(38-2)14-22(19)6-17(21)9-25(29)33/h9-16H,5-8H2,1-4H3. The van der Waals surface area contributed by atoms with E-state index in [1.165, 1.54) is 44.5 Å². The molecule has 0 atom stereocenters. The molecule has 208 valence electrons. The van der Waals surface area contributed by atoms with Crippen molar-refractivity contribution in [1.82, 2.24) is 0 Å². The van der Waals surface area contributed by atoms with Gasteiger partial charge in [-0.25, -0.2) is 0 Å². The minimum absolute atomic E-state index is 0.803. The summed E-state index contributed by atoms with van der Waals surface area (Å²) in [4.78, 5) is 0. The number of methoxy groups -OCH3 is 4. The molecule has 0 spiro atoms. The van der Waals surface area contributed by atoms with Gasteiger partial charge in [0.2, 0.25) is 0 Å². The first-order valence-corrected chi connectivity index (χ1v) is 17.0. The highest BCUT2D eigenvalue weighted by Gasteiger charge is 2.21. The summed E-state index contributed by atoms with van der Waals surface area (Å²) in [5, 5.41) is 0. The molecule has 0 fully saturated rings. The number of ether oxygens (including phenoxy) is 4. The molecule has 0 amide bonds. The van der Waals surface area contributed by atoms with Gasteiger partial charge in [0.05, 0.1) is 42.7 Å². The molecule has 0 saturated heterocycles. The van der Waals surface area contributed by atoms with Crippen LogP contribution in [0.5, 0.6) is 23.0 Å². The van der Waals surface area contributed by atoms with E-state index < -0.39 is 0 Å². The largest absolute Gasteiger partial charge is 0.496 e. The Kier molecular flexibility index (Phi) is 9.98. The molecular formula is C32H28I4O4. The van der Waals surface area contributed by atoms with Crippen molar-refractivity contribution < 1.29 is 18.9 Å². The number of fused-ring (bicyclic) bond motifs is 4. The number of rotatable bonds is 4. The fourth-order valence-corrected chi connectivity index (χ4v) is 8.32. The summed E-state index contributed by atoms with van der Waals surface area (Å²) in [6, 6.07) is 18.0. The minimum Gasteiger partial charge on any atom is -0.496 e. The van der Waals surface area contributed by atoms with E-state index in [-0.39, 0.29) is 0 Å². The highest BCUT2D eigenvalue weighted by molar-refractivity contribution is 14.1. The van der Waals surface area contributed by atoms with Crippen molar-refractivity contribution in [2.24, 2.45) is 0 Å². The van der Waals surface area contributed by atoms with Crippen LogP contribution in [0.25, 0.3) is 0 Å². The Morgan fingerprint density at radius 1 is 0.350 bits per heavy atom. The van der Waals surface area contributed by atoms with E-state index >= 15 is 0 Å². The second kappa shape index (κ2) is 13.1. The van der Waals surface area contributed by atoms with Crippen molar-refractivity contribution in [1.29, 1.82) is 0 Å². The van der Waals surface area contributed by atoms with Crippen molar-refractivity contribution in [3.8, 4) is 23.0 Å². The van der Waals surface area contributed by atoms with Crippen molar-refractivity contribution >= 4 is 90.4 Å². The molecule has 0 radical (unpaired) electrons. The molecule has 0 saturated carbocycles. The maximum Gasteiger partial charge on any atom is 0.132 e. The zero-order valence-electron chi connectivity index (χ0n) is 22.6. The van der Waals surface area contributed by atoms with Crippen molar-refractivity contribution in [2.45, 2.75) is 25.7 Å². The molecule has 0 N–H and O–H groups in total. The minimum atomic E-state index is 0.803. The molecule has 4 aromatic carbocycles. The van der Waals surface area contributed by atoms with Crippen LogP contribution in [-0.4, -0.2) is 28.4 Å². The van der Waals surface area contributed by atoms with Gasteiger partial charge in [-0.15, -0.1) is 0 Å². The van der Waals surface area contributed by atoms with E-state index in [1.54, 1.807) is 28.4 Å². The van der Waals surface area contributed by atoms with Crippen LogP contribution in [0.15, 0.2) is 48.5 Å². The van der Waals surface area contributed by atoms with Gasteiger partial charge < -0.3 is 18.9 Å². The smallest absolute Gasteiger partial charge is 0.132 e. The van der Waals surface area contributed by atoms with Crippen LogP contribution in [0.1, 0.15) is 44.5 Å². The Bertz CT molecular complexity index is 1360. The summed E-state index contributed by atoms with van der Waals surface area (Å²) < 4.78 is 27.5. The molecule has 0 heterocycles. The van der Waals surface area contributed by atoms with E-state index in [4.69, 9.17) is 18.9 Å². The van der Waals surface area contributed by atoms with Crippen molar-refractivity contribution in [3.63, 3.8) is 0 Å². The van der Waals surface area contributed by atoms with E-state index in [0.717, 1.165) is 63.0 Å². The average Bonchev–Trinajstić information content (AvgIpc) is 2.93. The highest BCUT2D eigenvalue weighted by Crippen LogP contribution is 2.37. The maximum atomic E-state index is 5.77. The second-order valence-corrected chi connectivity index (χ2v) is 14.4. The van der Waals surface area contributed by atoms with Crippen molar-refractivity contribution in [2.75, 3.05) is 28.4 Å². The highest BCUT2D eigenvalue weighted by atomic mass is 127. The molecule has 5 rings (SSSR count). The number of hydrogen-bond acceptors (Lipinski definition) is 4. The molecule has 4 aromatic rings. The molecule has 8 heteroatoms. The van der Waals surface area contributed by atoms with E-state index in [2.05, 4.69) is 139 Å². The van der Waals surface area contributed by atoms with Crippen LogP contribution in [0.4, 0.5) is 0 Å². The summed E-state index contributed by atoms with van der Waals surface area (Å²) in [7, 11) is 6.98. The first-order valence-electron chi connectivity index (χ1n) is 12.7. The molecule has 0 aliphatic heterocycles. The molecular weight excluding hydrogens is 956 g/mol. The van der Waals surface area contributed by atoms with Gasteiger partial charge in [0.1, 0.15) is 23.0 Å². The van der Waals surface area contributed by atoms with Crippen molar-refractivity contribution in [3.05, 3.63) is 107 Å². The van der Waals surface area contributed by atoms with Gasteiger partial charge in [-0.3, -0.25) is 0 Å². The molecule has 1 aliphatic rings. The Morgan fingerprint density at radius 2 is 0.525 bits per heavy atom. The predicted molar refractivity (Wildman–Crippen MR) is 194 cm³/mol. The normalized spacial score (nSPS) is 12.6. The maximum absolute atomic E-state index is 5.77. The van der Waals surface area contributed by atoms with E-state index in [1.807, 2.05) is 0 Å². The number of hydrogen-bond donors (Lipinski definition) is 0. The van der Waals surface area contributed by atoms with E-state index in [9.17, 15) is 0 Å². The Balaban J connectivity index is 1.80. The molecule has 1 aliphatic carbocycles. The van der Waals surface area contributed by atoms with Crippen LogP contribution in [-0.2, 0) is 25.7 Å². The zero-order valence-corrected chi connectivity index (χ0v) is 31.2. The topological polar surface area (TPSA) is 36.9 Å². The molecule has 0 bridgehead atoms. The lowest BCUT2D eigenvalue weighted by Crippen LogP contribution is -2.09. The fraction of sp³-hybridized carbons (Fsp3) is 0.250. The van der Waals surface area contributed by atoms with Gasteiger partial charge in [0, 0.05) is 0 Å². The lowest BCUT2D eigenvalue weighted by atomic mass is 9.86. The lowest BCUT2D eigenvalue weighted by molar-refractivity contribution is 0.410. The number of benzene rings is 4. The third-order valence-electron chi connectivity index (χ3n) is 7.42. The summed E-state index contributed by atoms with van der Waals surface area (Å²) in [6.07, 6.45) is 3.21. The van der Waals surface area contributed by atoms with Gasteiger partial charge in [-0.1, -0.05) is 0 Å². The average molecular weight is 984 g/mol. The monoisotopic (exact) mass is 984 g/mol. The summed E-state index contributed by atoms with van der Waals surface area (Å²) in [5.74, 6) is 3.62. The lowest BCUT2D eigenvalue weighted by Gasteiger charge is -2.22. The third kappa shape index (κ3) is 6.34. The molecule has 0 unspecified atom stereocenters. The summed E-state index contributed by atoms with van der Waals surface area (Å²) in [6.45, 7) is 0. The van der Waals surface area contributed by atoms with Crippen LogP contribution in [0.3, 0.4) is 0 Å². The van der Waals surface area contributed by atoms with Gasteiger partial charge >= 0.3 is 0 Å². The van der Waals surface area contributed by atoms with Gasteiger partial charge in [0.25, 0.3) is 0 Å². The van der Waals surface area contributed by atoms with Gasteiger partial charge in [-0.2, -0.15) is 0 Å². The summed E-state index contributed by atoms with van der Waals surface area (Å²) in [5.41, 5.74) is 10.3. The fourth-order valence-electron chi connectivity index (χ4n) is 5.31. The van der Waals surface area contributed by atoms with E-state index in [0.29, 0.717) is 0 Å². The Hall–Kier alpha value is -1.00. The molecule has 0 aromatic heterocycles. The first kappa shape index (κ1) is 30.5. The van der Waals surface area contributed by atoms with Crippen LogP contribution in [0, 0.1) is 14.3 Å². The third-order valence-corrected chi connectivity index (χ3v) is 10.8. The van der Waals surface area contributed by atoms with Gasteiger partial charge in [0.15, 0.2) is 0 Å². The second-order valence-electron chi connectivity index (χ2n) is 9.73. The van der Waals surface area contributed by atoms with Crippen LogP contribution in [0.2, 0.25) is 0 Å². The quantitative estimate of drug-likeness (QED) is 0.169. The first-order chi connectivity index (χ1) is 19.2.